The smallest absolute Gasteiger partial charge is 0.0465 e. The van der Waals surface area contributed by atoms with Gasteiger partial charge in [-0.25, -0.2) is 0 Å². The Morgan fingerprint density at radius 1 is 0.654 bits per heavy atom. The van der Waals surface area contributed by atoms with Gasteiger partial charge in [-0.2, -0.15) is 0 Å². The zero-order valence-corrected chi connectivity index (χ0v) is 14.3. The molecule has 0 amide bonds. The minimum Gasteiger partial charge on any atom is -0.355 e. The molecule has 0 aliphatic heterocycles. The van der Waals surface area contributed by atoms with Gasteiger partial charge in [-0.1, -0.05) is 36.4 Å². The molecule has 6 rings (SSSR count). The lowest BCUT2D eigenvalue weighted by molar-refractivity contribution is 0.992. The molecule has 2 heterocycles. The summed E-state index contributed by atoms with van der Waals surface area (Å²) in [6.07, 6.45) is 6.72. The Balaban J connectivity index is 1.57. The van der Waals surface area contributed by atoms with Gasteiger partial charge in [0.25, 0.3) is 0 Å². The molecule has 0 radical (unpaired) electrons. The highest BCUT2D eigenvalue weighted by Crippen LogP contribution is 2.34. The van der Waals surface area contributed by atoms with Gasteiger partial charge < -0.3 is 9.97 Å². The number of hydrogen-bond donors (Lipinski definition) is 2. The molecule has 0 saturated heterocycles. The molecule has 2 heteroatoms. The quantitative estimate of drug-likeness (QED) is 0.354. The topological polar surface area (TPSA) is 31.6 Å². The molecule has 2 aromatic heterocycles. The van der Waals surface area contributed by atoms with Crippen molar-refractivity contribution >= 4 is 38.8 Å². The van der Waals surface area contributed by atoms with Crippen LogP contribution >= 0.6 is 0 Å². The normalized spacial score (nSPS) is 13.7. The van der Waals surface area contributed by atoms with E-state index in [9.17, 15) is 0 Å². The predicted molar refractivity (Wildman–Crippen MR) is 110 cm³/mol. The van der Waals surface area contributed by atoms with E-state index in [0.29, 0.717) is 0 Å². The molecule has 5 aromatic rings. The van der Waals surface area contributed by atoms with E-state index in [4.69, 9.17) is 0 Å². The Hall–Kier alpha value is -3.26. The molecule has 0 saturated carbocycles. The zero-order valence-electron chi connectivity index (χ0n) is 14.3. The van der Waals surface area contributed by atoms with Gasteiger partial charge in [-0.15, -0.1) is 0 Å². The largest absolute Gasteiger partial charge is 0.355 e. The first-order valence-corrected chi connectivity index (χ1v) is 9.19. The van der Waals surface area contributed by atoms with Crippen molar-refractivity contribution in [2.75, 3.05) is 0 Å². The maximum atomic E-state index is 3.55. The van der Waals surface area contributed by atoms with Crippen molar-refractivity contribution in [2.45, 2.75) is 12.8 Å². The van der Waals surface area contributed by atoms with Crippen LogP contribution in [0.2, 0.25) is 0 Å². The first-order valence-electron chi connectivity index (χ1n) is 9.19. The number of aryl methyl sites for hydroxylation is 1. The molecule has 3 aromatic carbocycles. The lowest BCUT2D eigenvalue weighted by Crippen LogP contribution is -1.90. The Morgan fingerprint density at radius 3 is 2.27 bits per heavy atom. The summed E-state index contributed by atoms with van der Waals surface area (Å²) < 4.78 is 0. The van der Waals surface area contributed by atoms with Crippen molar-refractivity contribution in [3.63, 3.8) is 0 Å². The summed E-state index contributed by atoms with van der Waals surface area (Å²) in [6, 6.07) is 22.0. The van der Waals surface area contributed by atoms with E-state index >= 15 is 0 Å². The van der Waals surface area contributed by atoms with Gasteiger partial charge in [-0.3, -0.25) is 0 Å². The van der Waals surface area contributed by atoms with Gasteiger partial charge in [0.05, 0.1) is 0 Å². The second kappa shape index (κ2) is 5.12. The van der Waals surface area contributed by atoms with Crippen molar-refractivity contribution in [3.8, 4) is 11.1 Å². The van der Waals surface area contributed by atoms with E-state index in [1.165, 1.54) is 55.1 Å². The molecule has 2 nitrogen and oxygen atoms in total. The molecule has 2 N–H and O–H groups in total. The summed E-state index contributed by atoms with van der Waals surface area (Å²) in [5.41, 5.74) is 8.90. The predicted octanol–water partition coefficient (Wildman–Crippen LogP) is 6.43. The highest BCUT2D eigenvalue weighted by molar-refractivity contribution is 6.08. The van der Waals surface area contributed by atoms with Gasteiger partial charge in [0, 0.05) is 38.4 Å². The van der Waals surface area contributed by atoms with Crippen LogP contribution in [0.15, 0.2) is 66.7 Å². The summed E-state index contributed by atoms with van der Waals surface area (Å²) in [6.45, 7) is 0. The molecule has 0 bridgehead atoms. The number of benzene rings is 3. The van der Waals surface area contributed by atoms with Crippen molar-refractivity contribution in [3.05, 3.63) is 78.0 Å². The average molecular weight is 334 g/mol. The Labute approximate surface area is 151 Å². The fraction of sp³-hybridized carbons (Fsp3) is 0.0833. The third-order valence-electron chi connectivity index (χ3n) is 5.62. The second-order valence-corrected chi connectivity index (χ2v) is 7.15. The second-order valence-electron chi connectivity index (χ2n) is 7.15. The molecule has 0 spiro atoms. The molecule has 0 fully saturated rings. The molecular weight excluding hydrogens is 316 g/mol. The number of H-pyrrole nitrogens is 2. The van der Waals surface area contributed by atoms with Crippen LogP contribution < -0.4 is 0 Å². The van der Waals surface area contributed by atoms with Crippen LogP contribution in [0, 0.1) is 0 Å². The molecule has 124 valence electrons. The zero-order chi connectivity index (χ0) is 17.1. The summed E-state index contributed by atoms with van der Waals surface area (Å²) in [5.74, 6) is 0. The number of hydrogen-bond acceptors (Lipinski definition) is 0. The molecule has 0 atom stereocenters. The van der Waals surface area contributed by atoms with Gasteiger partial charge in [-0.05, 0) is 65.9 Å². The lowest BCUT2D eigenvalue weighted by Gasteiger charge is -2.06. The van der Waals surface area contributed by atoms with E-state index in [0.717, 1.165) is 12.8 Å². The van der Waals surface area contributed by atoms with Crippen LogP contribution in [0.4, 0.5) is 0 Å². The summed E-state index contributed by atoms with van der Waals surface area (Å²) >= 11 is 0. The highest BCUT2D eigenvalue weighted by atomic mass is 14.7. The summed E-state index contributed by atoms with van der Waals surface area (Å²) in [4.78, 5) is 7.06. The Kier molecular flexibility index (Phi) is 2.75. The standard InChI is InChI=1S/C24H18N2/c1-3-7-21-17(5-1)19-13-15(9-11-23(19)25-21)16-10-12-24-20(14-16)18-6-2-4-8-22(18)26-24/h1,3-5,7-14,25-26H,2,6H2. The number of fused-ring (bicyclic) bond motifs is 6. The lowest BCUT2D eigenvalue weighted by atomic mass is 9.97. The highest BCUT2D eigenvalue weighted by Gasteiger charge is 2.13. The fourth-order valence-corrected chi connectivity index (χ4v) is 4.32. The number of nitrogens with one attached hydrogen (secondary N) is 2. The first kappa shape index (κ1) is 14.0. The van der Waals surface area contributed by atoms with Gasteiger partial charge >= 0.3 is 0 Å². The third kappa shape index (κ3) is 1.93. The van der Waals surface area contributed by atoms with E-state index in [2.05, 4.69) is 82.8 Å². The van der Waals surface area contributed by atoms with Gasteiger partial charge in [0.15, 0.2) is 0 Å². The Morgan fingerprint density at radius 2 is 1.38 bits per heavy atom. The van der Waals surface area contributed by atoms with Crippen molar-refractivity contribution < 1.29 is 0 Å². The van der Waals surface area contributed by atoms with E-state index in [1.54, 1.807) is 0 Å². The fourth-order valence-electron chi connectivity index (χ4n) is 4.32. The van der Waals surface area contributed by atoms with Crippen LogP contribution in [0.1, 0.15) is 17.7 Å². The molecule has 26 heavy (non-hydrogen) atoms. The minimum atomic E-state index is 1.12. The summed E-state index contributed by atoms with van der Waals surface area (Å²) in [5, 5.41) is 3.94. The molecule has 0 unspecified atom stereocenters. The van der Waals surface area contributed by atoms with E-state index in [-0.39, 0.29) is 0 Å². The maximum absolute atomic E-state index is 3.55. The first-order chi connectivity index (χ1) is 12.9. The maximum Gasteiger partial charge on any atom is 0.0465 e. The number of para-hydroxylation sites is 1. The number of rotatable bonds is 1. The van der Waals surface area contributed by atoms with Crippen molar-refractivity contribution in [1.29, 1.82) is 0 Å². The number of allylic oxidation sites excluding steroid dienone is 1. The van der Waals surface area contributed by atoms with Crippen LogP contribution in [0.25, 0.3) is 49.9 Å². The van der Waals surface area contributed by atoms with Crippen molar-refractivity contribution in [2.24, 2.45) is 0 Å². The number of aromatic nitrogens is 2. The van der Waals surface area contributed by atoms with E-state index in [1.807, 2.05) is 0 Å². The number of aromatic amines is 2. The minimum absolute atomic E-state index is 1.12. The average Bonchev–Trinajstić information content (AvgIpc) is 3.25. The van der Waals surface area contributed by atoms with Crippen LogP contribution in [-0.2, 0) is 6.42 Å². The monoisotopic (exact) mass is 334 g/mol. The molecule has 1 aliphatic carbocycles. The summed E-state index contributed by atoms with van der Waals surface area (Å²) in [7, 11) is 0. The van der Waals surface area contributed by atoms with Gasteiger partial charge in [0.2, 0.25) is 0 Å². The van der Waals surface area contributed by atoms with Crippen molar-refractivity contribution in [1.82, 2.24) is 9.97 Å². The molecule has 1 aliphatic rings. The van der Waals surface area contributed by atoms with Crippen LogP contribution in [0.3, 0.4) is 0 Å². The SMILES string of the molecule is C1=Cc2[nH]c3ccc(-c4ccc5[nH]c6ccccc6c5c4)cc3c2CC1. The van der Waals surface area contributed by atoms with Crippen LogP contribution in [-0.4, -0.2) is 9.97 Å². The van der Waals surface area contributed by atoms with Gasteiger partial charge in [0.1, 0.15) is 0 Å². The van der Waals surface area contributed by atoms with E-state index < -0.39 is 0 Å². The third-order valence-corrected chi connectivity index (χ3v) is 5.62. The molecular formula is C24H18N2. The van der Waals surface area contributed by atoms with Crippen LogP contribution in [0.5, 0.6) is 0 Å². The Bertz CT molecular complexity index is 1330.